The van der Waals surface area contributed by atoms with Crippen LogP contribution in [0.4, 0.5) is 0 Å². The maximum Gasteiger partial charge on any atom is 0.246 e. The summed E-state index contributed by atoms with van der Waals surface area (Å²) in [7, 11) is -3.18. The molecule has 11 heteroatoms. The van der Waals surface area contributed by atoms with Gasteiger partial charge >= 0.3 is 0 Å². The van der Waals surface area contributed by atoms with E-state index in [0.717, 1.165) is 0 Å². The van der Waals surface area contributed by atoms with Crippen molar-refractivity contribution in [1.82, 2.24) is 10.2 Å². The van der Waals surface area contributed by atoms with Gasteiger partial charge in [-0.25, -0.2) is 8.42 Å². The van der Waals surface area contributed by atoms with E-state index in [0.29, 0.717) is 23.4 Å². The molecule has 1 aliphatic heterocycles. The Morgan fingerprint density at radius 3 is 2.39 bits per heavy atom. The molecule has 1 fully saturated rings. The van der Waals surface area contributed by atoms with Crippen LogP contribution in [0.2, 0.25) is 5.02 Å². The van der Waals surface area contributed by atoms with Crippen LogP contribution in [0.15, 0.2) is 36.4 Å². The predicted octanol–water partition coefficient (Wildman–Crippen LogP) is 1.30. The number of halogens is 2. The number of primary amides is 1. The number of alkyl halides is 1. The van der Waals surface area contributed by atoms with Gasteiger partial charge < -0.3 is 16.0 Å². The van der Waals surface area contributed by atoms with Crippen molar-refractivity contribution in [3.63, 3.8) is 0 Å². The average molecular weight is 516 g/mol. The van der Waals surface area contributed by atoms with Crippen LogP contribution in [0.1, 0.15) is 18.4 Å². The topological polar surface area (TPSA) is 127 Å². The van der Waals surface area contributed by atoms with Crippen molar-refractivity contribution in [3.05, 3.63) is 47.0 Å². The Morgan fingerprint density at radius 2 is 1.88 bits per heavy atom. The van der Waals surface area contributed by atoms with Gasteiger partial charge in [-0.2, -0.15) is 0 Å². The standard InChI is InChI=1S/C22H27Cl2N3O5S/c1-33(31,32)14-21(8-9-21)13-26-18(28)17-6-7-22(19(25)29,20(30)27(17)11-10-23)12-15-2-4-16(24)5-3-15/h2-7,17H,8-14H2,1H3,(H2,25,29)(H,26,28). The van der Waals surface area contributed by atoms with Crippen molar-refractivity contribution in [2.24, 2.45) is 16.6 Å². The summed E-state index contributed by atoms with van der Waals surface area (Å²) in [6.07, 6.45) is 5.47. The minimum absolute atomic E-state index is 0.00299. The third-order valence-corrected chi connectivity index (χ3v) is 7.69. The fourth-order valence-corrected chi connectivity index (χ4v) is 6.00. The maximum absolute atomic E-state index is 13.5. The quantitative estimate of drug-likeness (QED) is 0.276. The molecule has 33 heavy (non-hydrogen) atoms. The normalized spacial score (nSPS) is 23.9. The lowest BCUT2D eigenvalue weighted by atomic mass is 9.76. The number of nitrogens with two attached hydrogens (primary N) is 1. The fraction of sp³-hybridized carbons (Fsp3) is 0.500. The monoisotopic (exact) mass is 515 g/mol. The highest BCUT2D eigenvalue weighted by Crippen LogP contribution is 2.46. The predicted molar refractivity (Wildman–Crippen MR) is 127 cm³/mol. The number of amides is 3. The molecule has 8 nitrogen and oxygen atoms in total. The summed E-state index contributed by atoms with van der Waals surface area (Å²) in [6, 6.07) is 5.73. The van der Waals surface area contributed by atoms with Crippen molar-refractivity contribution in [2.75, 3.05) is 31.0 Å². The first-order valence-corrected chi connectivity index (χ1v) is 13.4. The third-order valence-electron chi connectivity index (χ3n) is 6.13. The molecule has 1 aromatic carbocycles. The molecule has 2 aliphatic rings. The first kappa shape index (κ1) is 25.5. The highest BCUT2D eigenvalue weighted by atomic mass is 35.5. The molecule has 1 aromatic rings. The summed E-state index contributed by atoms with van der Waals surface area (Å²) in [5.41, 5.74) is 4.23. The minimum atomic E-state index is -3.18. The summed E-state index contributed by atoms with van der Waals surface area (Å²) >= 11 is 11.8. The van der Waals surface area contributed by atoms with Gasteiger partial charge in [-0.3, -0.25) is 14.4 Å². The second kappa shape index (κ2) is 9.64. The molecule has 1 aliphatic carbocycles. The number of nitrogens with one attached hydrogen (secondary N) is 1. The van der Waals surface area contributed by atoms with Crippen LogP contribution in [0, 0.1) is 10.8 Å². The van der Waals surface area contributed by atoms with Crippen molar-refractivity contribution in [1.29, 1.82) is 0 Å². The van der Waals surface area contributed by atoms with E-state index >= 15 is 0 Å². The van der Waals surface area contributed by atoms with Crippen molar-refractivity contribution in [3.8, 4) is 0 Å². The molecule has 3 amide bonds. The smallest absolute Gasteiger partial charge is 0.246 e. The Balaban J connectivity index is 1.82. The van der Waals surface area contributed by atoms with E-state index in [9.17, 15) is 22.8 Å². The lowest BCUT2D eigenvalue weighted by Gasteiger charge is -2.40. The lowest BCUT2D eigenvalue weighted by Crippen LogP contribution is -2.60. The van der Waals surface area contributed by atoms with Crippen LogP contribution in [-0.4, -0.2) is 68.1 Å². The number of rotatable bonds is 10. The summed E-state index contributed by atoms with van der Waals surface area (Å²) < 4.78 is 23.3. The molecule has 0 bridgehead atoms. The Kier molecular flexibility index (Phi) is 7.45. The van der Waals surface area contributed by atoms with Crippen LogP contribution in [-0.2, 0) is 30.6 Å². The number of hydrogen-bond donors (Lipinski definition) is 2. The van der Waals surface area contributed by atoms with Crippen LogP contribution < -0.4 is 11.1 Å². The molecule has 1 saturated carbocycles. The lowest BCUT2D eigenvalue weighted by molar-refractivity contribution is -0.151. The Labute approximate surface area is 203 Å². The molecule has 0 saturated heterocycles. The molecule has 3 N–H and O–H groups in total. The largest absolute Gasteiger partial charge is 0.368 e. The molecule has 0 spiro atoms. The number of carbonyl (C=O) groups is 3. The van der Waals surface area contributed by atoms with E-state index < -0.39 is 44.4 Å². The van der Waals surface area contributed by atoms with Gasteiger partial charge in [0.15, 0.2) is 0 Å². The Hall–Kier alpha value is -2.10. The van der Waals surface area contributed by atoms with Crippen LogP contribution >= 0.6 is 23.2 Å². The molecule has 180 valence electrons. The Morgan fingerprint density at radius 1 is 1.24 bits per heavy atom. The van der Waals surface area contributed by atoms with Gasteiger partial charge in [-0.15, -0.1) is 11.6 Å². The van der Waals surface area contributed by atoms with E-state index in [4.69, 9.17) is 28.9 Å². The average Bonchev–Trinajstić information content (AvgIpc) is 3.48. The van der Waals surface area contributed by atoms with Gasteiger partial charge in [0.05, 0.1) is 5.75 Å². The van der Waals surface area contributed by atoms with Gasteiger partial charge in [0.1, 0.15) is 21.3 Å². The first-order chi connectivity index (χ1) is 15.4. The molecule has 0 aromatic heterocycles. The fourth-order valence-electron chi connectivity index (χ4n) is 4.19. The number of carbonyl (C=O) groups excluding carboxylic acids is 3. The zero-order valence-electron chi connectivity index (χ0n) is 18.2. The first-order valence-electron chi connectivity index (χ1n) is 10.5. The molecular weight excluding hydrogens is 489 g/mol. The van der Waals surface area contributed by atoms with Gasteiger partial charge in [0, 0.05) is 35.7 Å². The van der Waals surface area contributed by atoms with E-state index in [1.54, 1.807) is 24.3 Å². The molecule has 2 unspecified atom stereocenters. The van der Waals surface area contributed by atoms with Crippen LogP contribution in [0.3, 0.4) is 0 Å². The van der Waals surface area contributed by atoms with Crippen molar-refractivity contribution in [2.45, 2.75) is 25.3 Å². The number of benzene rings is 1. The molecule has 0 radical (unpaired) electrons. The third kappa shape index (κ3) is 5.88. The second-order valence-corrected chi connectivity index (χ2v) is 11.9. The van der Waals surface area contributed by atoms with Gasteiger partial charge in [-0.05, 0) is 37.0 Å². The van der Waals surface area contributed by atoms with E-state index in [2.05, 4.69) is 5.32 Å². The van der Waals surface area contributed by atoms with Crippen LogP contribution in [0.5, 0.6) is 0 Å². The van der Waals surface area contributed by atoms with Gasteiger partial charge in [0.2, 0.25) is 17.7 Å². The SMILES string of the molecule is CS(=O)(=O)CC1(CNC(=O)C2C=CC(Cc3ccc(Cl)cc3)(C(N)=O)C(=O)N2CCCl)CC1. The van der Waals surface area contributed by atoms with Crippen molar-refractivity contribution < 1.29 is 22.8 Å². The molecular formula is C22H27Cl2N3O5S. The maximum atomic E-state index is 13.5. The summed E-state index contributed by atoms with van der Waals surface area (Å²) in [5.74, 6) is -1.85. The highest BCUT2D eigenvalue weighted by Gasteiger charge is 2.50. The highest BCUT2D eigenvalue weighted by molar-refractivity contribution is 7.90. The van der Waals surface area contributed by atoms with E-state index in [1.165, 1.54) is 23.3 Å². The summed E-state index contributed by atoms with van der Waals surface area (Å²) in [6.45, 7) is 0.227. The number of nitrogens with zero attached hydrogens (tertiary/aromatic N) is 1. The van der Waals surface area contributed by atoms with Gasteiger partial charge in [0.25, 0.3) is 0 Å². The Bertz CT molecular complexity index is 1070. The second-order valence-electron chi connectivity index (χ2n) is 8.92. The van der Waals surface area contributed by atoms with Crippen LogP contribution in [0.25, 0.3) is 0 Å². The van der Waals surface area contributed by atoms with Crippen molar-refractivity contribution >= 4 is 50.8 Å². The minimum Gasteiger partial charge on any atom is -0.368 e. The zero-order chi connectivity index (χ0) is 24.4. The molecule has 1 heterocycles. The summed E-state index contributed by atoms with van der Waals surface area (Å²) in [4.78, 5) is 40.2. The molecule has 3 rings (SSSR count). The van der Waals surface area contributed by atoms with E-state index in [1.807, 2.05) is 0 Å². The van der Waals surface area contributed by atoms with Gasteiger partial charge in [-0.1, -0.05) is 35.9 Å². The molecule has 2 atom stereocenters. The number of hydrogen-bond acceptors (Lipinski definition) is 5. The number of sulfone groups is 1. The zero-order valence-corrected chi connectivity index (χ0v) is 20.5. The van der Waals surface area contributed by atoms with E-state index in [-0.39, 0.29) is 31.1 Å². The summed E-state index contributed by atoms with van der Waals surface area (Å²) in [5, 5.41) is 3.29.